The molecule has 0 atom stereocenters. The van der Waals surface area contributed by atoms with Gasteiger partial charge in [0.15, 0.2) is 9.84 Å². The van der Waals surface area contributed by atoms with Crippen molar-refractivity contribution in [2.45, 2.75) is 63.2 Å². The molecule has 98 valence electrons. The number of hydrogen-bond donors (Lipinski definition) is 0. The summed E-state index contributed by atoms with van der Waals surface area (Å²) in [6, 6.07) is 0. The smallest absolute Gasteiger partial charge is 0.157 e. The quantitative estimate of drug-likeness (QED) is 0.730. The molecule has 0 N–H and O–H groups in total. The number of nitrogens with zero attached hydrogens (tertiary/aromatic N) is 1. The highest BCUT2D eigenvalue weighted by molar-refractivity contribution is 7.92. The highest BCUT2D eigenvalue weighted by Gasteiger charge is 2.40. The Bertz CT molecular complexity index is 405. The Morgan fingerprint density at radius 2 is 1.76 bits per heavy atom. The van der Waals surface area contributed by atoms with Crippen molar-refractivity contribution < 1.29 is 8.42 Å². The van der Waals surface area contributed by atoms with Crippen molar-refractivity contribution in [2.75, 3.05) is 5.75 Å². The maximum atomic E-state index is 12.3. The minimum Gasteiger partial charge on any atom is -0.236 e. The van der Waals surface area contributed by atoms with Crippen molar-refractivity contribution >= 4 is 15.7 Å². The molecule has 3 nitrogen and oxygen atoms in total. The lowest BCUT2D eigenvalue weighted by Gasteiger charge is -2.34. The Morgan fingerprint density at radius 1 is 1.24 bits per heavy atom. The van der Waals surface area contributed by atoms with E-state index < -0.39 is 20.1 Å². The second kappa shape index (κ2) is 4.95. The lowest BCUT2D eigenvalue weighted by Crippen LogP contribution is -2.43. The summed E-state index contributed by atoms with van der Waals surface area (Å²) < 4.78 is 23.9. The zero-order chi connectivity index (χ0) is 13.2. The third-order valence-electron chi connectivity index (χ3n) is 3.49. The molecule has 1 aliphatic carbocycles. The van der Waals surface area contributed by atoms with E-state index in [2.05, 4.69) is 17.4 Å². The van der Waals surface area contributed by atoms with Crippen LogP contribution in [0, 0.1) is 0 Å². The topological polar surface area (TPSA) is 46.5 Å². The highest BCUT2D eigenvalue weighted by atomic mass is 32.2. The molecule has 0 amide bonds. The summed E-state index contributed by atoms with van der Waals surface area (Å²) in [7, 11) is -3.14. The van der Waals surface area contributed by atoms with E-state index in [4.69, 9.17) is 0 Å². The summed E-state index contributed by atoms with van der Waals surface area (Å²) in [6.07, 6.45) is 4.94. The molecule has 4 heteroatoms. The summed E-state index contributed by atoms with van der Waals surface area (Å²) in [5.41, 5.74) is -0.466. The zero-order valence-corrected chi connectivity index (χ0v) is 11.9. The molecule has 0 unspecified atom stereocenters. The molecule has 0 aromatic heterocycles. The normalized spacial score (nSPS) is 20.6. The van der Waals surface area contributed by atoms with E-state index in [0.29, 0.717) is 0 Å². The van der Waals surface area contributed by atoms with Crippen molar-refractivity contribution in [3.63, 3.8) is 0 Å². The summed E-state index contributed by atoms with van der Waals surface area (Å²) in [6.45, 7) is 8.75. The van der Waals surface area contributed by atoms with Crippen molar-refractivity contribution in [3.05, 3.63) is 6.58 Å². The monoisotopic (exact) mass is 257 g/mol. The van der Waals surface area contributed by atoms with Gasteiger partial charge in [-0.1, -0.05) is 19.3 Å². The van der Waals surface area contributed by atoms with Gasteiger partial charge in [0.1, 0.15) is 0 Å². The van der Waals surface area contributed by atoms with Crippen LogP contribution in [0.15, 0.2) is 11.6 Å². The van der Waals surface area contributed by atoms with Crippen LogP contribution in [0.1, 0.15) is 52.9 Å². The Labute approximate surface area is 105 Å². The standard InChI is InChI=1S/C13H23NO2S/c1-5-14-13(9-7-6-8-10-13)11-17(15,16)12(2,3)4/h1,6-11H2,2-4H3. The fourth-order valence-electron chi connectivity index (χ4n) is 2.24. The van der Waals surface area contributed by atoms with Gasteiger partial charge >= 0.3 is 0 Å². The van der Waals surface area contributed by atoms with Gasteiger partial charge in [0.05, 0.1) is 16.0 Å². The third-order valence-corrected chi connectivity index (χ3v) is 6.28. The van der Waals surface area contributed by atoms with Gasteiger partial charge in [-0.3, -0.25) is 0 Å². The molecular weight excluding hydrogens is 234 g/mol. The van der Waals surface area contributed by atoms with Crippen molar-refractivity contribution in [2.24, 2.45) is 4.99 Å². The van der Waals surface area contributed by atoms with E-state index in [0.717, 1.165) is 25.7 Å². The van der Waals surface area contributed by atoms with Gasteiger partial charge in [-0.15, -0.1) is 0 Å². The van der Waals surface area contributed by atoms with Crippen molar-refractivity contribution in [1.82, 2.24) is 0 Å². The first kappa shape index (κ1) is 14.5. The van der Waals surface area contributed by atoms with E-state index >= 15 is 0 Å². The first-order chi connectivity index (χ1) is 7.72. The van der Waals surface area contributed by atoms with Crippen LogP contribution in [0.25, 0.3) is 0 Å². The van der Waals surface area contributed by atoms with Crippen LogP contribution in [0.3, 0.4) is 0 Å². The molecule has 1 aliphatic rings. The molecule has 1 fully saturated rings. The van der Waals surface area contributed by atoms with Crippen LogP contribution in [-0.4, -0.2) is 30.3 Å². The molecule has 0 radical (unpaired) electrons. The van der Waals surface area contributed by atoms with Gasteiger partial charge in [-0.2, -0.15) is 0 Å². The summed E-state index contributed by atoms with van der Waals surface area (Å²) in [4.78, 5) is 4.27. The van der Waals surface area contributed by atoms with Crippen LogP contribution in [0.2, 0.25) is 0 Å². The molecule has 0 aliphatic heterocycles. The molecule has 0 spiro atoms. The summed E-state index contributed by atoms with van der Waals surface area (Å²) >= 11 is 0. The molecule has 0 bridgehead atoms. The van der Waals surface area contributed by atoms with Gasteiger partial charge in [0, 0.05) is 0 Å². The Morgan fingerprint density at radius 3 is 2.18 bits per heavy atom. The Kier molecular flexibility index (Phi) is 4.21. The number of sulfone groups is 1. The lowest BCUT2D eigenvalue weighted by molar-refractivity contribution is 0.326. The Hall–Kier alpha value is -0.600. The second-order valence-electron chi connectivity index (χ2n) is 5.93. The van der Waals surface area contributed by atoms with E-state index in [-0.39, 0.29) is 5.75 Å². The lowest BCUT2D eigenvalue weighted by atomic mass is 9.84. The van der Waals surface area contributed by atoms with Crippen molar-refractivity contribution in [1.29, 1.82) is 0 Å². The molecule has 0 heterocycles. The fourth-order valence-corrected chi connectivity index (χ4v) is 3.73. The first-order valence-corrected chi connectivity index (χ1v) is 7.84. The van der Waals surface area contributed by atoms with E-state index in [9.17, 15) is 8.42 Å². The average Bonchev–Trinajstić information content (AvgIpc) is 2.16. The summed E-state index contributed by atoms with van der Waals surface area (Å²) in [5.74, 6) is 2.69. The molecule has 1 saturated carbocycles. The predicted octanol–water partition coefficient (Wildman–Crippen LogP) is 2.76. The van der Waals surface area contributed by atoms with Gasteiger partial charge in [0.25, 0.3) is 0 Å². The van der Waals surface area contributed by atoms with Crippen LogP contribution < -0.4 is 0 Å². The SMILES string of the molecule is C=C=NC1(CS(=O)(=O)C(C)(C)C)CCCCC1. The number of aliphatic imine (C=N–C) groups is 1. The average molecular weight is 257 g/mol. The molecule has 0 aromatic carbocycles. The van der Waals surface area contributed by atoms with Crippen LogP contribution in [-0.2, 0) is 9.84 Å². The van der Waals surface area contributed by atoms with Gasteiger partial charge in [0.2, 0.25) is 0 Å². The molecule has 0 saturated heterocycles. The van der Waals surface area contributed by atoms with E-state index in [1.807, 2.05) is 0 Å². The zero-order valence-electron chi connectivity index (χ0n) is 11.1. The largest absolute Gasteiger partial charge is 0.236 e. The summed E-state index contributed by atoms with van der Waals surface area (Å²) in [5, 5.41) is 0. The highest BCUT2D eigenvalue weighted by Crippen LogP contribution is 2.35. The minimum atomic E-state index is -3.14. The third kappa shape index (κ3) is 3.43. The molecular formula is C13H23NO2S. The first-order valence-electron chi connectivity index (χ1n) is 6.19. The number of rotatable bonds is 3. The Balaban J connectivity index is 2.99. The van der Waals surface area contributed by atoms with Crippen LogP contribution >= 0.6 is 0 Å². The maximum absolute atomic E-state index is 12.3. The number of hydrogen-bond acceptors (Lipinski definition) is 3. The molecule has 0 aromatic rings. The van der Waals surface area contributed by atoms with E-state index in [1.54, 1.807) is 20.8 Å². The molecule has 17 heavy (non-hydrogen) atoms. The van der Waals surface area contributed by atoms with E-state index in [1.165, 1.54) is 6.42 Å². The van der Waals surface area contributed by atoms with Crippen LogP contribution in [0.4, 0.5) is 0 Å². The maximum Gasteiger partial charge on any atom is 0.157 e. The second-order valence-corrected chi connectivity index (χ2v) is 8.67. The van der Waals surface area contributed by atoms with Crippen molar-refractivity contribution in [3.8, 4) is 0 Å². The van der Waals surface area contributed by atoms with Gasteiger partial charge < -0.3 is 0 Å². The minimum absolute atomic E-state index is 0.131. The predicted molar refractivity (Wildman–Crippen MR) is 72.4 cm³/mol. The van der Waals surface area contributed by atoms with Gasteiger partial charge in [-0.25, -0.2) is 13.4 Å². The van der Waals surface area contributed by atoms with Crippen LogP contribution in [0.5, 0.6) is 0 Å². The fraction of sp³-hybridized carbons (Fsp3) is 0.846. The van der Waals surface area contributed by atoms with Gasteiger partial charge in [-0.05, 0) is 46.1 Å². The molecule has 1 rings (SSSR count).